The van der Waals surface area contributed by atoms with Gasteiger partial charge in [-0.1, -0.05) is 6.07 Å². The van der Waals surface area contributed by atoms with Gasteiger partial charge in [0.15, 0.2) is 0 Å². The van der Waals surface area contributed by atoms with Crippen molar-refractivity contribution in [2.45, 2.75) is 52.9 Å². The Kier molecular flexibility index (Phi) is 3.58. The van der Waals surface area contributed by atoms with Gasteiger partial charge in [0.25, 0.3) is 0 Å². The van der Waals surface area contributed by atoms with Crippen LogP contribution < -0.4 is 0 Å². The zero-order valence-corrected chi connectivity index (χ0v) is 11.5. The van der Waals surface area contributed by atoms with Crippen LogP contribution in [0.15, 0.2) is 6.07 Å². The predicted molar refractivity (Wildman–Crippen MR) is 72.6 cm³/mol. The van der Waals surface area contributed by atoms with Crippen LogP contribution >= 0.6 is 0 Å². The molecule has 0 aliphatic heterocycles. The van der Waals surface area contributed by atoms with Crippen molar-refractivity contribution in [1.29, 1.82) is 0 Å². The first-order chi connectivity index (χ1) is 8.06. The zero-order chi connectivity index (χ0) is 12.6. The molecule has 0 radical (unpaired) electrons. The number of benzene rings is 1. The summed E-state index contributed by atoms with van der Waals surface area (Å²) in [5, 5.41) is 9.30. The fourth-order valence-corrected chi connectivity index (χ4v) is 3.06. The highest BCUT2D eigenvalue weighted by atomic mass is 16.3. The fraction of sp³-hybridized carbons (Fsp3) is 0.625. The van der Waals surface area contributed by atoms with Gasteiger partial charge < -0.3 is 5.11 Å². The molecular weight excluding hydrogens is 208 g/mol. The first-order valence-corrected chi connectivity index (χ1v) is 6.74. The highest BCUT2D eigenvalue weighted by Gasteiger charge is 2.33. The quantitative estimate of drug-likeness (QED) is 0.837. The molecule has 1 fully saturated rings. The van der Waals surface area contributed by atoms with Crippen molar-refractivity contribution in [2.24, 2.45) is 5.92 Å². The van der Waals surface area contributed by atoms with Crippen molar-refractivity contribution in [3.05, 3.63) is 33.9 Å². The van der Waals surface area contributed by atoms with Gasteiger partial charge >= 0.3 is 0 Å². The van der Waals surface area contributed by atoms with Crippen molar-refractivity contribution in [2.75, 3.05) is 6.61 Å². The summed E-state index contributed by atoms with van der Waals surface area (Å²) in [5.41, 5.74) is 7.20. The largest absolute Gasteiger partial charge is 0.396 e. The van der Waals surface area contributed by atoms with E-state index in [9.17, 15) is 5.11 Å². The first-order valence-electron chi connectivity index (χ1n) is 6.74. The van der Waals surface area contributed by atoms with Crippen LogP contribution in [0, 0.1) is 33.6 Å². The molecule has 1 atom stereocenters. The second-order valence-electron chi connectivity index (χ2n) is 5.63. The van der Waals surface area contributed by atoms with E-state index in [4.69, 9.17) is 0 Å². The lowest BCUT2D eigenvalue weighted by molar-refractivity contribution is 0.269. The molecule has 1 unspecified atom stereocenters. The number of aryl methyl sites for hydroxylation is 2. The first kappa shape index (κ1) is 12.6. The molecule has 1 aliphatic rings. The van der Waals surface area contributed by atoms with Gasteiger partial charge in [-0.25, -0.2) is 0 Å². The molecule has 1 aromatic carbocycles. The van der Waals surface area contributed by atoms with Gasteiger partial charge in [0.1, 0.15) is 0 Å². The average Bonchev–Trinajstić information content (AvgIpc) is 3.09. The molecular formula is C16H24O. The Balaban J connectivity index is 2.47. The molecule has 94 valence electrons. The third-order valence-corrected chi connectivity index (χ3v) is 4.43. The molecule has 0 amide bonds. The van der Waals surface area contributed by atoms with Gasteiger partial charge in [-0.15, -0.1) is 0 Å². The molecule has 0 bridgehead atoms. The maximum absolute atomic E-state index is 9.30. The summed E-state index contributed by atoms with van der Waals surface area (Å²) in [6.07, 6.45) is 3.61. The molecule has 0 heterocycles. The van der Waals surface area contributed by atoms with E-state index in [1.54, 1.807) is 0 Å². The average molecular weight is 232 g/mol. The van der Waals surface area contributed by atoms with E-state index in [0.29, 0.717) is 12.5 Å². The molecule has 2 rings (SSSR count). The monoisotopic (exact) mass is 232 g/mol. The number of aliphatic hydroxyl groups excluding tert-OH is 1. The smallest absolute Gasteiger partial charge is 0.0436 e. The maximum Gasteiger partial charge on any atom is 0.0436 e. The van der Waals surface area contributed by atoms with Gasteiger partial charge in [-0.05, 0) is 86.6 Å². The van der Waals surface area contributed by atoms with Crippen molar-refractivity contribution >= 4 is 0 Å². The lowest BCUT2D eigenvalue weighted by atomic mass is 9.82. The van der Waals surface area contributed by atoms with Gasteiger partial charge in [0.2, 0.25) is 0 Å². The summed E-state index contributed by atoms with van der Waals surface area (Å²) in [7, 11) is 0. The summed E-state index contributed by atoms with van der Waals surface area (Å²) in [5.74, 6) is 1.40. The highest BCUT2D eigenvalue weighted by Crippen LogP contribution is 2.46. The van der Waals surface area contributed by atoms with Crippen LogP contribution in [0.5, 0.6) is 0 Å². The number of aliphatic hydroxyl groups is 1. The Morgan fingerprint density at radius 2 is 1.65 bits per heavy atom. The minimum absolute atomic E-state index is 0.313. The molecule has 0 spiro atoms. The minimum atomic E-state index is 0.313. The second-order valence-corrected chi connectivity index (χ2v) is 5.63. The van der Waals surface area contributed by atoms with Crippen molar-refractivity contribution in [3.8, 4) is 0 Å². The molecule has 1 aliphatic carbocycles. The molecule has 1 nitrogen and oxygen atoms in total. The van der Waals surface area contributed by atoms with Crippen LogP contribution in [-0.4, -0.2) is 11.7 Å². The van der Waals surface area contributed by atoms with E-state index in [0.717, 1.165) is 12.3 Å². The summed E-state index contributed by atoms with van der Waals surface area (Å²) in [6, 6.07) is 2.29. The van der Waals surface area contributed by atoms with Gasteiger partial charge in [-0.3, -0.25) is 0 Å². The van der Waals surface area contributed by atoms with E-state index in [1.165, 1.54) is 40.7 Å². The predicted octanol–water partition coefficient (Wildman–Crippen LogP) is 3.80. The molecule has 17 heavy (non-hydrogen) atoms. The normalized spacial score (nSPS) is 17.2. The molecule has 1 N–H and O–H groups in total. The fourth-order valence-electron chi connectivity index (χ4n) is 3.06. The Morgan fingerprint density at radius 1 is 1.12 bits per heavy atom. The summed E-state index contributed by atoms with van der Waals surface area (Å²) in [6.45, 7) is 9.20. The lowest BCUT2D eigenvalue weighted by Gasteiger charge is -2.23. The van der Waals surface area contributed by atoms with Crippen LogP contribution in [-0.2, 0) is 0 Å². The summed E-state index contributed by atoms with van der Waals surface area (Å²) < 4.78 is 0. The molecule has 1 saturated carbocycles. The van der Waals surface area contributed by atoms with Crippen LogP contribution in [0.2, 0.25) is 0 Å². The topological polar surface area (TPSA) is 20.2 Å². The van der Waals surface area contributed by atoms with Crippen LogP contribution in [0.1, 0.15) is 53.0 Å². The van der Waals surface area contributed by atoms with Crippen molar-refractivity contribution < 1.29 is 5.11 Å². The van der Waals surface area contributed by atoms with E-state index < -0.39 is 0 Å². The Bertz CT molecular complexity index is 390. The molecule has 1 heteroatoms. The van der Waals surface area contributed by atoms with E-state index in [2.05, 4.69) is 33.8 Å². The molecule has 0 aromatic heterocycles. The zero-order valence-electron chi connectivity index (χ0n) is 11.5. The molecule has 0 saturated heterocycles. The number of hydrogen-bond acceptors (Lipinski definition) is 1. The highest BCUT2D eigenvalue weighted by molar-refractivity contribution is 5.46. The van der Waals surface area contributed by atoms with E-state index >= 15 is 0 Å². The maximum atomic E-state index is 9.30. The van der Waals surface area contributed by atoms with E-state index in [1.807, 2.05) is 0 Å². The van der Waals surface area contributed by atoms with Gasteiger partial charge in [0.05, 0.1) is 0 Å². The third-order valence-electron chi connectivity index (χ3n) is 4.43. The molecule has 1 aromatic rings. The van der Waals surface area contributed by atoms with Crippen molar-refractivity contribution in [3.63, 3.8) is 0 Å². The van der Waals surface area contributed by atoms with Crippen LogP contribution in [0.3, 0.4) is 0 Å². The van der Waals surface area contributed by atoms with Crippen molar-refractivity contribution in [1.82, 2.24) is 0 Å². The SMILES string of the molecule is Cc1cc(C)c(C)c(C(CCO)C2CC2)c1C. The van der Waals surface area contributed by atoms with Crippen LogP contribution in [0.25, 0.3) is 0 Å². The third kappa shape index (κ3) is 2.40. The Morgan fingerprint density at radius 3 is 2.06 bits per heavy atom. The summed E-state index contributed by atoms with van der Waals surface area (Å²) >= 11 is 0. The second kappa shape index (κ2) is 4.81. The van der Waals surface area contributed by atoms with Gasteiger partial charge in [-0.2, -0.15) is 0 Å². The van der Waals surface area contributed by atoms with E-state index in [-0.39, 0.29) is 0 Å². The Labute approximate surface area is 105 Å². The lowest BCUT2D eigenvalue weighted by Crippen LogP contribution is -2.10. The number of hydrogen-bond donors (Lipinski definition) is 1. The standard InChI is InChI=1S/C16H24O/c1-10-9-11(2)13(4)16(12(10)3)15(7-8-17)14-5-6-14/h9,14-15,17H,5-8H2,1-4H3. The summed E-state index contributed by atoms with van der Waals surface area (Å²) in [4.78, 5) is 0. The number of rotatable bonds is 4. The van der Waals surface area contributed by atoms with Crippen LogP contribution in [0.4, 0.5) is 0 Å². The minimum Gasteiger partial charge on any atom is -0.396 e. The Hall–Kier alpha value is -0.820. The van der Waals surface area contributed by atoms with Gasteiger partial charge in [0, 0.05) is 6.61 Å².